The maximum Gasteiger partial charge on any atom is 0.443 e. The van der Waals surface area contributed by atoms with E-state index in [0.29, 0.717) is 12.5 Å². The van der Waals surface area contributed by atoms with Gasteiger partial charge in [0.15, 0.2) is 0 Å². The standard InChI is InChI=1S/C31H46N2O4/c1-5-29-15-23-16-30(19-29,24-9-7-6-8-10-24)21-31(17-23,20-29)26(34)37-33(27(35)36-28(2,3)4)18-22-11-13-25(32)14-12-22/h6-10,22-23,25H,5,11-21,32H2,1-4H3. The molecule has 204 valence electrons. The van der Waals surface area contributed by atoms with E-state index in [1.54, 1.807) is 0 Å². The molecule has 6 heteroatoms. The Morgan fingerprint density at radius 2 is 1.70 bits per heavy atom. The highest BCUT2D eigenvalue weighted by molar-refractivity contribution is 5.80. The van der Waals surface area contributed by atoms with Crippen molar-refractivity contribution in [2.24, 2.45) is 28.4 Å². The van der Waals surface area contributed by atoms with E-state index < -0.39 is 17.1 Å². The molecule has 4 bridgehead atoms. The van der Waals surface area contributed by atoms with Crippen LogP contribution in [0.15, 0.2) is 30.3 Å². The lowest BCUT2D eigenvalue weighted by Gasteiger charge is -2.66. The first-order chi connectivity index (χ1) is 17.5. The number of nitrogens with zero attached hydrogens (tertiary/aromatic N) is 1. The van der Waals surface area contributed by atoms with Gasteiger partial charge in [-0.05, 0) is 113 Å². The highest BCUT2D eigenvalue weighted by atomic mass is 16.8. The van der Waals surface area contributed by atoms with Crippen molar-refractivity contribution < 1.29 is 19.2 Å². The second kappa shape index (κ2) is 9.59. The van der Waals surface area contributed by atoms with Crippen molar-refractivity contribution in [2.75, 3.05) is 6.54 Å². The molecule has 0 heterocycles. The zero-order chi connectivity index (χ0) is 26.5. The molecular formula is C31H46N2O4. The molecule has 4 unspecified atom stereocenters. The summed E-state index contributed by atoms with van der Waals surface area (Å²) >= 11 is 0. The van der Waals surface area contributed by atoms with Gasteiger partial charge in [-0.2, -0.15) is 0 Å². The normalized spacial score (nSPS) is 36.7. The van der Waals surface area contributed by atoms with Gasteiger partial charge in [-0.15, -0.1) is 5.06 Å². The lowest BCUT2D eigenvalue weighted by molar-refractivity contribution is -0.220. The van der Waals surface area contributed by atoms with E-state index in [2.05, 4.69) is 37.3 Å². The average Bonchev–Trinajstić information content (AvgIpc) is 2.83. The van der Waals surface area contributed by atoms with Crippen LogP contribution in [-0.2, 0) is 19.8 Å². The Labute approximate surface area is 222 Å². The molecule has 1 aromatic rings. The molecule has 6 nitrogen and oxygen atoms in total. The predicted molar refractivity (Wildman–Crippen MR) is 143 cm³/mol. The number of hydroxylamine groups is 2. The summed E-state index contributed by atoms with van der Waals surface area (Å²) in [5.41, 5.74) is 6.42. The second-order valence-electron chi connectivity index (χ2n) is 14.0. The average molecular weight is 511 g/mol. The first-order valence-electron chi connectivity index (χ1n) is 14.5. The van der Waals surface area contributed by atoms with Gasteiger partial charge in [0.25, 0.3) is 0 Å². The van der Waals surface area contributed by atoms with Crippen LogP contribution in [0, 0.1) is 22.7 Å². The van der Waals surface area contributed by atoms with Gasteiger partial charge in [-0.25, -0.2) is 9.59 Å². The van der Waals surface area contributed by atoms with E-state index in [9.17, 15) is 9.59 Å². The lowest BCUT2D eigenvalue weighted by atomic mass is 9.38. The molecule has 0 saturated heterocycles. The summed E-state index contributed by atoms with van der Waals surface area (Å²) in [5.74, 6) is 0.543. The van der Waals surface area contributed by atoms with E-state index in [1.807, 2.05) is 20.8 Å². The van der Waals surface area contributed by atoms with Crippen LogP contribution in [0.3, 0.4) is 0 Å². The summed E-state index contributed by atoms with van der Waals surface area (Å²) in [5, 5.41) is 1.25. The van der Waals surface area contributed by atoms with Gasteiger partial charge >= 0.3 is 12.1 Å². The lowest BCUT2D eigenvalue weighted by Crippen LogP contribution is -2.61. The van der Waals surface area contributed by atoms with Gasteiger partial charge in [0.1, 0.15) is 5.60 Å². The molecule has 1 aromatic carbocycles. The maximum absolute atomic E-state index is 14.2. The summed E-state index contributed by atoms with van der Waals surface area (Å²) in [6.45, 7) is 8.19. The highest BCUT2D eigenvalue weighted by Gasteiger charge is 2.66. The molecule has 0 spiro atoms. The molecule has 5 fully saturated rings. The fourth-order valence-electron chi connectivity index (χ4n) is 8.64. The van der Waals surface area contributed by atoms with Crippen LogP contribution in [0.25, 0.3) is 0 Å². The number of benzene rings is 1. The van der Waals surface area contributed by atoms with Crippen LogP contribution in [-0.4, -0.2) is 35.3 Å². The summed E-state index contributed by atoms with van der Waals surface area (Å²) in [6, 6.07) is 11.0. The van der Waals surface area contributed by atoms with Gasteiger partial charge < -0.3 is 15.3 Å². The molecule has 5 saturated carbocycles. The van der Waals surface area contributed by atoms with E-state index in [-0.39, 0.29) is 28.8 Å². The molecule has 5 aliphatic rings. The Kier molecular flexibility index (Phi) is 6.87. The van der Waals surface area contributed by atoms with Crippen LogP contribution < -0.4 is 5.73 Å². The van der Waals surface area contributed by atoms with E-state index >= 15 is 0 Å². The van der Waals surface area contributed by atoms with Crippen LogP contribution in [0.5, 0.6) is 0 Å². The van der Waals surface area contributed by atoms with Crippen molar-refractivity contribution in [3.05, 3.63) is 35.9 Å². The SMILES string of the molecule is CCC12CC3CC(C(=O)ON(CC4CCC(N)CC4)C(=O)OC(C)(C)C)(C1)CC(c1ccccc1)(C3)C2. The van der Waals surface area contributed by atoms with Crippen molar-refractivity contribution >= 4 is 12.1 Å². The molecule has 0 aliphatic heterocycles. The molecule has 5 aliphatic carbocycles. The number of carbonyl (C=O) groups excluding carboxylic acids is 2. The Balaban J connectivity index is 1.41. The second-order valence-corrected chi connectivity index (χ2v) is 14.0. The molecule has 2 N–H and O–H groups in total. The number of nitrogens with two attached hydrogens (primary N) is 1. The van der Waals surface area contributed by atoms with Crippen LogP contribution in [0.2, 0.25) is 0 Å². The summed E-state index contributed by atoms with van der Waals surface area (Å²) in [7, 11) is 0. The van der Waals surface area contributed by atoms with Crippen molar-refractivity contribution in [1.82, 2.24) is 5.06 Å². The zero-order valence-corrected chi connectivity index (χ0v) is 23.3. The summed E-state index contributed by atoms with van der Waals surface area (Å²) in [6.07, 6.45) is 10.3. The number of hydrogen-bond acceptors (Lipinski definition) is 5. The topological polar surface area (TPSA) is 81.9 Å². The monoisotopic (exact) mass is 510 g/mol. The third-order valence-corrected chi connectivity index (χ3v) is 9.86. The number of rotatable bonds is 5. The molecular weight excluding hydrogens is 464 g/mol. The van der Waals surface area contributed by atoms with Crippen LogP contribution >= 0.6 is 0 Å². The number of amides is 1. The number of ether oxygens (including phenoxy) is 1. The van der Waals surface area contributed by atoms with Crippen molar-refractivity contribution in [1.29, 1.82) is 0 Å². The summed E-state index contributed by atoms with van der Waals surface area (Å²) in [4.78, 5) is 33.6. The number of carbonyl (C=O) groups is 2. The zero-order valence-electron chi connectivity index (χ0n) is 23.3. The quantitative estimate of drug-likeness (QED) is 0.456. The largest absolute Gasteiger partial charge is 0.443 e. The van der Waals surface area contributed by atoms with Gasteiger partial charge in [-0.3, -0.25) is 0 Å². The third-order valence-electron chi connectivity index (χ3n) is 9.86. The van der Waals surface area contributed by atoms with Crippen LogP contribution in [0.4, 0.5) is 4.79 Å². The Morgan fingerprint density at radius 3 is 2.35 bits per heavy atom. The van der Waals surface area contributed by atoms with Crippen molar-refractivity contribution in [3.8, 4) is 0 Å². The molecule has 4 atom stereocenters. The smallest absolute Gasteiger partial charge is 0.442 e. The van der Waals surface area contributed by atoms with Crippen LogP contribution in [0.1, 0.15) is 104 Å². The first kappa shape index (κ1) is 26.5. The minimum atomic E-state index is -0.666. The molecule has 0 radical (unpaired) electrons. The Bertz CT molecular complexity index is 998. The molecule has 37 heavy (non-hydrogen) atoms. The molecule has 1 amide bonds. The van der Waals surface area contributed by atoms with Crippen molar-refractivity contribution in [2.45, 2.75) is 115 Å². The van der Waals surface area contributed by atoms with E-state index in [0.717, 1.165) is 64.2 Å². The summed E-state index contributed by atoms with van der Waals surface area (Å²) < 4.78 is 5.70. The highest BCUT2D eigenvalue weighted by Crippen LogP contribution is 2.71. The first-order valence-corrected chi connectivity index (χ1v) is 14.5. The predicted octanol–water partition coefficient (Wildman–Crippen LogP) is 6.52. The maximum atomic E-state index is 14.2. The van der Waals surface area contributed by atoms with E-state index in [4.69, 9.17) is 15.3 Å². The van der Waals surface area contributed by atoms with Gasteiger partial charge in [0.05, 0.1) is 12.0 Å². The Morgan fingerprint density at radius 1 is 1.00 bits per heavy atom. The van der Waals surface area contributed by atoms with E-state index in [1.165, 1.54) is 17.0 Å². The number of hydrogen-bond donors (Lipinski definition) is 1. The van der Waals surface area contributed by atoms with Gasteiger partial charge in [0, 0.05) is 6.04 Å². The fraction of sp³-hybridized carbons (Fsp3) is 0.742. The minimum absolute atomic E-state index is 0.00592. The Hall–Kier alpha value is -2.08. The molecule has 6 rings (SSSR count). The fourth-order valence-corrected chi connectivity index (χ4v) is 8.64. The van der Waals surface area contributed by atoms with Crippen molar-refractivity contribution in [3.63, 3.8) is 0 Å². The minimum Gasteiger partial charge on any atom is -0.442 e. The molecule has 0 aromatic heterocycles. The third kappa shape index (κ3) is 5.28. The van der Waals surface area contributed by atoms with Gasteiger partial charge in [-0.1, -0.05) is 43.7 Å². The van der Waals surface area contributed by atoms with Gasteiger partial charge in [0.2, 0.25) is 0 Å².